The zero-order valence-corrected chi connectivity index (χ0v) is 14.3. The van der Waals surface area contributed by atoms with Crippen LogP contribution < -0.4 is 10.1 Å². The minimum atomic E-state index is 0.821. The third-order valence-electron chi connectivity index (χ3n) is 3.91. The molecule has 2 aromatic carbocycles. The van der Waals surface area contributed by atoms with Crippen LogP contribution >= 0.6 is 0 Å². The molecule has 0 atom stereocenters. The molecular formula is C21H29NO. The lowest BCUT2D eigenvalue weighted by molar-refractivity contribution is 0.306. The van der Waals surface area contributed by atoms with Gasteiger partial charge >= 0.3 is 0 Å². The summed E-state index contributed by atoms with van der Waals surface area (Å²) in [6, 6.07) is 19.1. The fourth-order valence-electron chi connectivity index (χ4n) is 2.58. The molecule has 0 saturated heterocycles. The number of ether oxygens (including phenoxy) is 1. The highest BCUT2D eigenvalue weighted by Crippen LogP contribution is 2.14. The van der Waals surface area contributed by atoms with Crippen molar-refractivity contribution in [2.24, 2.45) is 0 Å². The van der Waals surface area contributed by atoms with Crippen molar-refractivity contribution in [1.29, 1.82) is 0 Å². The van der Waals surface area contributed by atoms with Crippen molar-refractivity contribution in [3.05, 3.63) is 65.7 Å². The lowest BCUT2D eigenvalue weighted by Crippen LogP contribution is -2.15. The monoisotopic (exact) mass is 311 g/mol. The van der Waals surface area contributed by atoms with Gasteiger partial charge < -0.3 is 10.1 Å². The maximum absolute atomic E-state index is 5.81. The van der Waals surface area contributed by atoms with Crippen molar-refractivity contribution in [2.45, 2.75) is 45.6 Å². The Morgan fingerprint density at radius 3 is 2.52 bits per heavy atom. The van der Waals surface area contributed by atoms with E-state index in [0.29, 0.717) is 0 Å². The first-order chi connectivity index (χ1) is 11.4. The molecule has 0 aromatic heterocycles. The normalized spacial score (nSPS) is 10.7. The van der Waals surface area contributed by atoms with E-state index in [1.165, 1.54) is 24.0 Å². The largest absolute Gasteiger partial charge is 0.494 e. The van der Waals surface area contributed by atoms with Crippen LogP contribution in [0.5, 0.6) is 5.75 Å². The first-order valence-electron chi connectivity index (χ1n) is 8.85. The molecule has 1 N–H and O–H groups in total. The quantitative estimate of drug-likeness (QED) is 0.591. The van der Waals surface area contributed by atoms with Crippen molar-refractivity contribution in [3.8, 4) is 5.75 Å². The van der Waals surface area contributed by atoms with E-state index in [2.05, 4.69) is 60.8 Å². The highest BCUT2D eigenvalue weighted by atomic mass is 16.5. The fourth-order valence-corrected chi connectivity index (χ4v) is 2.58. The molecule has 2 heteroatoms. The van der Waals surface area contributed by atoms with E-state index in [0.717, 1.165) is 44.7 Å². The summed E-state index contributed by atoms with van der Waals surface area (Å²) < 4.78 is 5.81. The summed E-state index contributed by atoms with van der Waals surface area (Å²) >= 11 is 0. The molecule has 2 aromatic rings. The number of nitrogens with one attached hydrogen (secondary N) is 1. The Kier molecular flexibility index (Phi) is 8.28. The molecule has 0 aliphatic heterocycles. The summed E-state index contributed by atoms with van der Waals surface area (Å²) in [6.07, 6.45) is 5.91. The molecular weight excluding hydrogens is 282 g/mol. The smallest absolute Gasteiger partial charge is 0.119 e. The van der Waals surface area contributed by atoms with E-state index in [4.69, 9.17) is 4.74 Å². The molecule has 0 saturated carbocycles. The maximum Gasteiger partial charge on any atom is 0.119 e. The Morgan fingerprint density at radius 2 is 1.70 bits per heavy atom. The lowest BCUT2D eigenvalue weighted by atomic mass is 10.1. The van der Waals surface area contributed by atoms with Crippen molar-refractivity contribution >= 4 is 0 Å². The van der Waals surface area contributed by atoms with Gasteiger partial charge in [0.2, 0.25) is 0 Å². The average Bonchev–Trinajstić information content (AvgIpc) is 2.60. The number of aryl methyl sites for hydroxylation is 1. The molecule has 0 aliphatic rings. The molecule has 23 heavy (non-hydrogen) atoms. The number of unbranched alkanes of at least 4 members (excludes halogenated alkanes) is 2. The van der Waals surface area contributed by atoms with Gasteiger partial charge in [0.1, 0.15) is 5.75 Å². The zero-order valence-electron chi connectivity index (χ0n) is 14.3. The molecule has 0 heterocycles. The number of benzene rings is 2. The third kappa shape index (κ3) is 7.34. The highest BCUT2D eigenvalue weighted by Gasteiger charge is 1.98. The second-order valence-electron chi connectivity index (χ2n) is 5.97. The molecule has 0 unspecified atom stereocenters. The van der Waals surface area contributed by atoms with Crippen molar-refractivity contribution < 1.29 is 4.74 Å². The van der Waals surface area contributed by atoms with Gasteiger partial charge in [0.05, 0.1) is 6.61 Å². The molecule has 2 nitrogen and oxygen atoms in total. The molecule has 0 radical (unpaired) electrons. The van der Waals surface area contributed by atoms with Crippen LogP contribution in [0, 0.1) is 0 Å². The zero-order chi connectivity index (χ0) is 16.2. The topological polar surface area (TPSA) is 21.3 Å². The van der Waals surface area contributed by atoms with Crippen molar-refractivity contribution in [2.75, 3.05) is 13.2 Å². The van der Waals surface area contributed by atoms with Crippen LogP contribution in [-0.2, 0) is 13.0 Å². The molecule has 0 fully saturated rings. The first-order valence-corrected chi connectivity index (χ1v) is 8.85. The maximum atomic E-state index is 5.81. The summed E-state index contributed by atoms with van der Waals surface area (Å²) in [6.45, 7) is 4.98. The minimum Gasteiger partial charge on any atom is -0.494 e. The van der Waals surface area contributed by atoms with Crippen LogP contribution in [0.25, 0.3) is 0 Å². The van der Waals surface area contributed by atoms with Gasteiger partial charge in [0.15, 0.2) is 0 Å². The molecule has 0 bridgehead atoms. The standard InChI is InChI=1S/C21H29NO/c1-2-3-7-16-23-21-14-8-12-20(17-21)18-22-15-9-13-19-10-5-4-6-11-19/h4-6,8,10-12,14,17,22H,2-3,7,9,13,15-16,18H2,1H3. The van der Waals surface area contributed by atoms with Crippen LogP contribution in [0.3, 0.4) is 0 Å². The van der Waals surface area contributed by atoms with Gasteiger partial charge in [-0.15, -0.1) is 0 Å². The Morgan fingerprint density at radius 1 is 0.870 bits per heavy atom. The number of hydrogen-bond donors (Lipinski definition) is 1. The summed E-state index contributed by atoms with van der Waals surface area (Å²) in [4.78, 5) is 0. The van der Waals surface area contributed by atoms with Gasteiger partial charge in [-0.3, -0.25) is 0 Å². The first kappa shape index (κ1) is 17.6. The molecule has 2 rings (SSSR count). The van der Waals surface area contributed by atoms with E-state index in [1.807, 2.05) is 6.07 Å². The lowest BCUT2D eigenvalue weighted by Gasteiger charge is -2.09. The Hall–Kier alpha value is -1.80. The fraction of sp³-hybridized carbons (Fsp3) is 0.429. The van der Waals surface area contributed by atoms with Crippen molar-refractivity contribution in [3.63, 3.8) is 0 Å². The molecule has 0 aliphatic carbocycles. The van der Waals surface area contributed by atoms with E-state index < -0.39 is 0 Å². The summed E-state index contributed by atoms with van der Waals surface area (Å²) in [5, 5.41) is 3.52. The van der Waals surface area contributed by atoms with Crippen LogP contribution in [0.1, 0.15) is 43.7 Å². The van der Waals surface area contributed by atoms with Gasteiger partial charge in [-0.2, -0.15) is 0 Å². The van der Waals surface area contributed by atoms with Crippen LogP contribution in [0.2, 0.25) is 0 Å². The predicted molar refractivity (Wildman–Crippen MR) is 97.9 cm³/mol. The second-order valence-corrected chi connectivity index (χ2v) is 5.97. The van der Waals surface area contributed by atoms with E-state index >= 15 is 0 Å². The summed E-state index contributed by atoms with van der Waals surface area (Å²) in [5.74, 6) is 0.990. The molecule has 0 amide bonds. The van der Waals surface area contributed by atoms with E-state index in [-0.39, 0.29) is 0 Å². The SMILES string of the molecule is CCCCCOc1cccc(CNCCCc2ccccc2)c1. The number of rotatable bonds is 11. The van der Waals surface area contributed by atoms with Crippen LogP contribution in [-0.4, -0.2) is 13.2 Å². The van der Waals surface area contributed by atoms with E-state index in [1.54, 1.807) is 0 Å². The minimum absolute atomic E-state index is 0.821. The Bertz CT molecular complexity index is 539. The van der Waals surface area contributed by atoms with Gasteiger partial charge in [-0.1, -0.05) is 62.2 Å². The van der Waals surface area contributed by atoms with Gasteiger partial charge in [-0.05, 0) is 49.1 Å². The van der Waals surface area contributed by atoms with Gasteiger partial charge in [0, 0.05) is 6.54 Å². The Balaban J connectivity index is 1.63. The van der Waals surface area contributed by atoms with Crippen LogP contribution in [0.15, 0.2) is 54.6 Å². The summed E-state index contributed by atoms with van der Waals surface area (Å²) in [7, 11) is 0. The van der Waals surface area contributed by atoms with E-state index in [9.17, 15) is 0 Å². The highest BCUT2D eigenvalue weighted by molar-refractivity contribution is 5.28. The molecule has 124 valence electrons. The number of hydrogen-bond acceptors (Lipinski definition) is 2. The second kappa shape index (κ2) is 10.8. The van der Waals surface area contributed by atoms with Gasteiger partial charge in [-0.25, -0.2) is 0 Å². The van der Waals surface area contributed by atoms with Gasteiger partial charge in [0.25, 0.3) is 0 Å². The third-order valence-corrected chi connectivity index (χ3v) is 3.91. The van der Waals surface area contributed by atoms with Crippen LogP contribution in [0.4, 0.5) is 0 Å². The Labute approximate surface area is 140 Å². The predicted octanol–water partition coefficient (Wildman–Crippen LogP) is 4.98. The van der Waals surface area contributed by atoms with Crippen molar-refractivity contribution in [1.82, 2.24) is 5.32 Å². The molecule has 0 spiro atoms. The summed E-state index contributed by atoms with van der Waals surface area (Å²) in [5.41, 5.74) is 2.70. The average molecular weight is 311 g/mol.